The van der Waals surface area contributed by atoms with Crippen molar-refractivity contribution in [1.29, 1.82) is 0 Å². The molecule has 0 saturated carbocycles. The molecule has 5 atom stereocenters. The predicted molar refractivity (Wildman–Crippen MR) is 133 cm³/mol. The number of hydrazine groups is 1. The molecule has 2 rings (SSSR count). The van der Waals surface area contributed by atoms with Gasteiger partial charge in [-0.2, -0.15) is 0 Å². The van der Waals surface area contributed by atoms with Gasteiger partial charge in [-0.25, -0.2) is 8.42 Å². The highest BCUT2D eigenvalue weighted by molar-refractivity contribution is 7.89. The van der Waals surface area contributed by atoms with Crippen LogP contribution in [-0.2, 0) is 52.9 Å². The summed E-state index contributed by atoms with van der Waals surface area (Å²) in [7, 11) is -4.08. The lowest BCUT2D eigenvalue weighted by atomic mass is 9.97. The Labute approximate surface area is 228 Å². The highest BCUT2D eigenvalue weighted by Crippen LogP contribution is 2.28. The van der Waals surface area contributed by atoms with Crippen LogP contribution in [0.2, 0.25) is 5.02 Å². The van der Waals surface area contributed by atoms with Crippen molar-refractivity contribution in [1.82, 2.24) is 15.6 Å². The highest BCUT2D eigenvalue weighted by atomic mass is 35.5. The third-order valence-electron chi connectivity index (χ3n) is 4.69. The van der Waals surface area contributed by atoms with E-state index >= 15 is 0 Å². The molecule has 0 aromatic heterocycles. The normalized spacial score (nSPS) is 22.9. The lowest BCUT2D eigenvalue weighted by Crippen LogP contribution is -2.67. The Morgan fingerprint density at radius 2 is 1.42 bits per heavy atom. The third-order valence-corrected chi connectivity index (χ3v) is 6.42. The number of rotatable bonds is 9. The number of sulfonamides is 1. The van der Waals surface area contributed by atoms with Gasteiger partial charge >= 0.3 is 23.9 Å². The SMILES string of the molecule is CC(=O)OC[C@H]1O[C@@H](NC(=S)NNS(=O)(=O)c2ccc(Cl)cc2)[C@H](OC(C)=O)[C@@H](OC(C)=O)[C@@H]1OC(C)=O. The second-order valence-corrected chi connectivity index (χ2v) is 10.3. The zero-order valence-electron chi connectivity index (χ0n) is 20.6. The number of benzene rings is 1. The van der Waals surface area contributed by atoms with E-state index in [0.717, 1.165) is 27.7 Å². The van der Waals surface area contributed by atoms with Gasteiger partial charge in [-0.05, 0) is 36.5 Å². The number of hydrogen-bond donors (Lipinski definition) is 3. The average Bonchev–Trinajstić information content (AvgIpc) is 2.80. The van der Waals surface area contributed by atoms with Gasteiger partial charge < -0.3 is 29.0 Å². The fourth-order valence-electron chi connectivity index (χ4n) is 3.30. The van der Waals surface area contributed by atoms with Crippen LogP contribution in [-0.4, -0.2) is 74.7 Å². The Hall–Kier alpha value is -3.05. The average molecular weight is 596 g/mol. The van der Waals surface area contributed by atoms with E-state index in [-0.39, 0.29) is 10.0 Å². The zero-order chi connectivity index (χ0) is 28.6. The Morgan fingerprint density at radius 3 is 1.95 bits per heavy atom. The van der Waals surface area contributed by atoms with Gasteiger partial charge in [-0.15, -0.1) is 4.83 Å². The molecule has 0 aliphatic carbocycles. The van der Waals surface area contributed by atoms with Crippen LogP contribution in [0.15, 0.2) is 29.2 Å². The molecule has 0 bridgehead atoms. The number of carbonyl (C=O) groups excluding carboxylic acids is 4. The molecule has 1 saturated heterocycles. The van der Waals surface area contributed by atoms with Crippen LogP contribution in [0, 0.1) is 0 Å². The van der Waals surface area contributed by atoms with Gasteiger partial charge in [0, 0.05) is 32.7 Å². The van der Waals surface area contributed by atoms with E-state index in [1.54, 1.807) is 0 Å². The molecular weight excluding hydrogens is 570 g/mol. The van der Waals surface area contributed by atoms with Gasteiger partial charge in [0.1, 0.15) is 12.7 Å². The van der Waals surface area contributed by atoms with Crippen molar-refractivity contribution < 1.29 is 51.3 Å². The van der Waals surface area contributed by atoms with E-state index < -0.39 is 71.2 Å². The van der Waals surface area contributed by atoms with Crippen molar-refractivity contribution in [3.8, 4) is 0 Å². The van der Waals surface area contributed by atoms with Crippen LogP contribution in [0.3, 0.4) is 0 Å². The van der Waals surface area contributed by atoms with Gasteiger partial charge in [-0.3, -0.25) is 24.6 Å². The molecule has 1 aliphatic heterocycles. The molecule has 1 heterocycles. The summed E-state index contributed by atoms with van der Waals surface area (Å²) in [6.45, 7) is 3.93. The molecule has 1 aromatic carbocycles. The monoisotopic (exact) mass is 595 g/mol. The molecule has 0 unspecified atom stereocenters. The van der Waals surface area contributed by atoms with E-state index in [4.69, 9.17) is 47.5 Å². The molecular formula is C21H26ClN3O11S2. The molecule has 17 heteroatoms. The summed E-state index contributed by atoms with van der Waals surface area (Å²) < 4.78 is 51.7. The molecule has 1 aromatic rings. The minimum atomic E-state index is -4.08. The summed E-state index contributed by atoms with van der Waals surface area (Å²) in [5.41, 5.74) is 2.27. The quantitative estimate of drug-likeness (QED) is 0.151. The minimum absolute atomic E-state index is 0.121. The predicted octanol–water partition coefficient (Wildman–Crippen LogP) is 0.0805. The van der Waals surface area contributed by atoms with Crippen LogP contribution in [0.25, 0.3) is 0 Å². The standard InChI is InChI=1S/C21H26ClN3O11S2/c1-10(26)32-9-16-17(33-11(2)27)18(34-12(3)28)19(35-13(4)29)20(36-16)23-21(37)24-25-38(30,31)15-7-5-14(22)6-8-15/h5-8,16-20,25H,9H2,1-4H3,(H2,23,24,37)/t16-,17-,18+,19-,20-/m1/s1. The van der Waals surface area contributed by atoms with Crippen molar-refractivity contribution >= 4 is 62.8 Å². The van der Waals surface area contributed by atoms with Gasteiger partial charge in [0.15, 0.2) is 29.7 Å². The molecule has 38 heavy (non-hydrogen) atoms. The van der Waals surface area contributed by atoms with Crippen molar-refractivity contribution in [2.45, 2.75) is 63.2 Å². The van der Waals surface area contributed by atoms with E-state index in [1.807, 2.05) is 0 Å². The zero-order valence-corrected chi connectivity index (χ0v) is 23.0. The largest absolute Gasteiger partial charge is 0.463 e. The number of esters is 4. The topological polar surface area (TPSA) is 185 Å². The van der Waals surface area contributed by atoms with Gasteiger partial charge in [0.2, 0.25) is 0 Å². The minimum Gasteiger partial charge on any atom is -0.463 e. The van der Waals surface area contributed by atoms with Crippen LogP contribution >= 0.6 is 23.8 Å². The van der Waals surface area contributed by atoms with Crippen molar-refractivity contribution in [3.63, 3.8) is 0 Å². The third kappa shape index (κ3) is 9.36. The molecule has 1 fully saturated rings. The van der Waals surface area contributed by atoms with E-state index in [9.17, 15) is 27.6 Å². The second kappa shape index (κ2) is 13.7. The van der Waals surface area contributed by atoms with Crippen molar-refractivity contribution in [3.05, 3.63) is 29.3 Å². The summed E-state index contributed by atoms with van der Waals surface area (Å²) in [5.74, 6) is -3.09. The first-order chi connectivity index (χ1) is 17.7. The van der Waals surface area contributed by atoms with Crippen molar-refractivity contribution in [2.24, 2.45) is 0 Å². The molecule has 0 spiro atoms. The Kier molecular flexibility index (Phi) is 11.2. The smallest absolute Gasteiger partial charge is 0.303 e. The van der Waals surface area contributed by atoms with E-state index in [0.29, 0.717) is 5.02 Å². The van der Waals surface area contributed by atoms with Crippen LogP contribution < -0.4 is 15.6 Å². The summed E-state index contributed by atoms with van der Waals surface area (Å²) >= 11 is 10.9. The Bertz CT molecular complexity index is 1160. The first-order valence-corrected chi connectivity index (χ1v) is 13.1. The molecule has 1 aliphatic rings. The maximum atomic E-state index is 12.5. The van der Waals surface area contributed by atoms with Crippen LogP contribution in [0.4, 0.5) is 0 Å². The molecule has 0 radical (unpaired) electrons. The summed E-state index contributed by atoms with van der Waals surface area (Å²) in [6.07, 6.45) is -6.84. The van der Waals surface area contributed by atoms with Crippen molar-refractivity contribution in [2.75, 3.05) is 6.61 Å². The van der Waals surface area contributed by atoms with E-state index in [2.05, 4.69) is 15.6 Å². The number of ether oxygens (including phenoxy) is 5. The number of nitrogens with one attached hydrogen (secondary N) is 3. The lowest BCUT2D eigenvalue weighted by molar-refractivity contribution is -0.254. The summed E-state index contributed by atoms with van der Waals surface area (Å²) in [4.78, 5) is 48.9. The van der Waals surface area contributed by atoms with Gasteiger partial charge in [0.05, 0.1) is 4.90 Å². The van der Waals surface area contributed by atoms with Crippen LogP contribution in [0.1, 0.15) is 27.7 Å². The number of carbonyl (C=O) groups is 4. The fraction of sp³-hybridized carbons (Fsp3) is 0.476. The molecule has 210 valence electrons. The molecule has 3 N–H and O–H groups in total. The maximum Gasteiger partial charge on any atom is 0.303 e. The Morgan fingerprint density at radius 1 is 0.895 bits per heavy atom. The lowest BCUT2D eigenvalue weighted by Gasteiger charge is -2.44. The Balaban J connectivity index is 2.30. The number of hydrogen-bond acceptors (Lipinski definition) is 12. The molecule has 0 amide bonds. The summed E-state index contributed by atoms with van der Waals surface area (Å²) in [6, 6.07) is 5.29. The fourth-order valence-corrected chi connectivity index (χ4v) is 4.50. The number of thiocarbonyl (C=S) groups is 1. The van der Waals surface area contributed by atoms with Gasteiger partial charge in [0.25, 0.3) is 10.0 Å². The van der Waals surface area contributed by atoms with Crippen LogP contribution in [0.5, 0.6) is 0 Å². The molecule has 14 nitrogen and oxygen atoms in total. The van der Waals surface area contributed by atoms with Gasteiger partial charge in [-0.1, -0.05) is 11.6 Å². The van der Waals surface area contributed by atoms with E-state index in [1.165, 1.54) is 24.3 Å². The second-order valence-electron chi connectivity index (χ2n) is 7.78. The maximum absolute atomic E-state index is 12.5. The number of halogens is 1. The highest BCUT2D eigenvalue weighted by Gasteiger charge is 2.52. The first-order valence-electron chi connectivity index (χ1n) is 10.8. The summed E-state index contributed by atoms with van der Waals surface area (Å²) in [5, 5.41) is 2.59. The first kappa shape index (κ1) is 31.2.